The van der Waals surface area contributed by atoms with Crippen molar-refractivity contribution >= 4 is 39.2 Å². The highest BCUT2D eigenvalue weighted by Gasteiger charge is 2.17. The highest BCUT2D eigenvalue weighted by atomic mass is 35.5. The number of sulfonamides is 1. The van der Waals surface area contributed by atoms with Crippen molar-refractivity contribution in [3.8, 4) is 0 Å². The lowest BCUT2D eigenvalue weighted by Crippen LogP contribution is -2.30. The molecule has 0 bridgehead atoms. The van der Waals surface area contributed by atoms with Gasteiger partial charge >= 0.3 is 5.97 Å². The number of ether oxygens (including phenoxy) is 1. The van der Waals surface area contributed by atoms with Crippen LogP contribution in [0, 0.1) is 5.82 Å². The first-order valence-corrected chi connectivity index (χ1v) is 9.99. The van der Waals surface area contributed by atoms with Gasteiger partial charge in [-0.3, -0.25) is 4.79 Å². The zero-order chi connectivity index (χ0) is 20.9. The van der Waals surface area contributed by atoms with Crippen LogP contribution in [0.4, 0.5) is 10.1 Å². The van der Waals surface area contributed by atoms with Crippen LogP contribution < -0.4 is 10.0 Å². The zero-order valence-electron chi connectivity index (χ0n) is 15.0. The lowest BCUT2D eigenvalue weighted by molar-refractivity contribution is -0.119. The maximum absolute atomic E-state index is 13.6. The molecule has 0 radical (unpaired) electrons. The summed E-state index contributed by atoms with van der Waals surface area (Å²) >= 11 is 5.73. The number of carbonyl (C=O) groups is 2. The highest BCUT2D eigenvalue weighted by Crippen LogP contribution is 2.19. The van der Waals surface area contributed by atoms with Gasteiger partial charge in [0.25, 0.3) is 5.91 Å². The number of hydrogen-bond donors (Lipinski definition) is 2. The van der Waals surface area contributed by atoms with E-state index in [-0.39, 0.29) is 27.2 Å². The molecule has 2 N–H and O–H groups in total. The standard InChI is InChI=1S/C18H18ClFN2O5S/c1-11(2)22-28(25,26)14-6-3-12(4-7-14)18(24)27-10-17(23)21-16-9-13(19)5-8-15(16)20/h3-9,11,22H,10H2,1-2H3,(H,21,23). The van der Waals surface area contributed by atoms with Crippen LogP contribution in [0.15, 0.2) is 47.4 Å². The molecule has 0 heterocycles. The quantitative estimate of drug-likeness (QED) is 0.660. The molecule has 2 rings (SSSR count). The van der Waals surface area contributed by atoms with Crippen LogP contribution in [0.2, 0.25) is 5.02 Å². The fourth-order valence-electron chi connectivity index (χ4n) is 2.14. The van der Waals surface area contributed by atoms with Crippen LogP contribution >= 0.6 is 11.6 Å². The van der Waals surface area contributed by atoms with E-state index in [4.69, 9.17) is 16.3 Å². The number of hydrogen-bond acceptors (Lipinski definition) is 5. The summed E-state index contributed by atoms with van der Waals surface area (Å²) in [5, 5.41) is 2.47. The average Bonchev–Trinajstić information content (AvgIpc) is 2.62. The minimum atomic E-state index is -3.68. The Bertz CT molecular complexity index is 978. The molecular weight excluding hydrogens is 411 g/mol. The van der Waals surface area contributed by atoms with Crippen LogP contribution in [0.1, 0.15) is 24.2 Å². The van der Waals surface area contributed by atoms with Gasteiger partial charge in [-0.15, -0.1) is 0 Å². The third-order valence-corrected chi connectivity index (χ3v) is 5.24. The Balaban J connectivity index is 1.96. The highest BCUT2D eigenvalue weighted by molar-refractivity contribution is 7.89. The summed E-state index contributed by atoms with van der Waals surface area (Å²) in [5.41, 5.74) is -0.0778. The second-order valence-electron chi connectivity index (χ2n) is 6.05. The molecular formula is C18H18ClFN2O5S. The number of rotatable bonds is 7. The van der Waals surface area contributed by atoms with Crippen LogP contribution in [-0.4, -0.2) is 32.9 Å². The molecule has 2 aromatic carbocycles. The third-order valence-electron chi connectivity index (χ3n) is 3.33. The Morgan fingerprint density at radius 2 is 1.79 bits per heavy atom. The predicted octanol–water partition coefficient (Wildman–Crippen LogP) is 2.96. The van der Waals surface area contributed by atoms with Gasteiger partial charge < -0.3 is 10.1 Å². The van der Waals surface area contributed by atoms with E-state index in [9.17, 15) is 22.4 Å². The number of benzene rings is 2. The largest absolute Gasteiger partial charge is 0.452 e. The molecule has 0 unspecified atom stereocenters. The van der Waals surface area contributed by atoms with Crippen molar-refractivity contribution in [1.82, 2.24) is 4.72 Å². The number of carbonyl (C=O) groups excluding carboxylic acids is 2. The van der Waals surface area contributed by atoms with Crippen molar-refractivity contribution in [3.63, 3.8) is 0 Å². The van der Waals surface area contributed by atoms with Gasteiger partial charge in [-0.05, 0) is 56.3 Å². The van der Waals surface area contributed by atoms with E-state index in [0.717, 1.165) is 6.07 Å². The molecule has 0 fully saturated rings. The van der Waals surface area contributed by atoms with E-state index in [1.165, 1.54) is 36.4 Å². The molecule has 0 aliphatic heterocycles. The molecule has 0 saturated heterocycles. The van der Waals surface area contributed by atoms with E-state index in [1.54, 1.807) is 13.8 Å². The van der Waals surface area contributed by atoms with E-state index in [1.807, 2.05) is 0 Å². The minimum absolute atomic E-state index is 0.00748. The fraction of sp³-hybridized carbons (Fsp3) is 0.222. The Morgan fingerprint density at radius 3 is 2.39 bits per heavy atom. The summed E-state index contributed by atoms with van der Waals surface area (Å²) in [6, 6.07) is 8.41. The Kier molecular flexibility index (Phi) is 7.11. The van der Waals surface area contributed by atoms with E-state index in [0.29, 0.717) is 0 Å². The topological polar surface area (TPSA) is 102 Å². The molecule has 1 amide bonds. The molecule has 0 aliphatic carbocycles. The van der Waals surface area contributed by atoms with Crippen molar-refractivity contribution in [2.24, 2.45) is 0 Å². The molecule has 28 heavy (non-hydrogen) atoms. The summed E-state index contributed by atoms with van der Waals surface area (Å²) in [6.45, 7) is 2.72. The van der Waals surface area contributed by atoms with E-state index >= 15 is 0 Å². The minimum Gasteiger partial charge on any atom is -0.452 e. The first-order valence-electron chi connectivity index (χ1n) is 8.13. The summed E-state index contributed by atoms with van der Waals surface area (Å²) in [7, 11) is -3.68. The number of esters is 1. The van der Waals surface area contributed by atoms with Gasteiger partial charge in [0.05, 0.1) is 16.1 Å². The SMILES string of the molecule is CC(C)NS(=O)(=O)c1ccc(C(=O)OCC(=O)Nc2cc(Cl)ccc2F)cc1. The summed E-state index contributed by atoms with van der Waals surface area (Å²) in [5.74, 6) is -2.27. The molecule has 0 saturated carbocycles. The maximum Gasteiger partial charge on any atom is 0.338 e. The summed E-state index contributed by atoms with van der Waals surface area (Å²) in [4.78, 5) is 23.8. The van der Waals surface area contributed by atoms with Gasteiger partial charge in [0, 0.05) is 11.1 Å². The summed E-state index contributed by atoms with van der Waals surface area (Å²) in [6.07, 6.45) is 0. The lowest BCUT2D eigenvalue weighted by Gasteiger charge is -2.10. The van der Waals surface area contributed by atoms with Gasteiger partial charge in [0.2, 0.25) is 10.0 Å². The molecule has 0 spiro atoms. The monoisotopic (exact) mass is 428 g/mol. The van der Waals surface area contributed by atoms with Crippen molar-refractivity contribution in [3.05, 3.63) is 58.9 Å². The maximum atomic E-state index is 13.6. The number of halogens is 2. The summed E-state index contributed by atoms with van der Waals surface area (Å²) < 4.78 is 44.9. The van der Waals surface area contributed by atoms with Crippen molar-refractivity contribution in [2.45, 2.75) is 24.8 Å². The molecule has 0 atom stereocenters. The molecule has 10 heteroatoms. The molecule has 2 aromatic rings. The molecule has 7 nitrogen and oxygen atoms in total. The third kappa shape index (κ3) is 6.01. The molecule has 0 aromatic heterocycles. The first kappa shape index (κ1) is 21.8. The molecule has 0 aliphatic rings. The van der Waals surface area contributed by atoms with Crippen molar-refractivity contribution < 1.29 is 27.1 Å². The van der Waals surface area contributed by atoms with Gasteiger partial charge in [0.1, 0.15) is 5.82 Å². The average molecular weight is 429 g/mol. The Hall–Kier alpha value is -2.49. The van der Waals surface area contributed by atoms with Crippen molar-refractivity contribution in [2.75, 3.05) is 11.9 Å². The second kappa shape index (κ2) is 9.13. The smallest absolute Gasteiger partial charge is 0.338 e. The second-order valence-corrected chi connectivity index (χ2v) is 8.20. The van der Waals surface area contributed by atoms with E-state index < -0.39 is 34.3 Å². The Labute approximate surface area is 166 Å². The van der Waals surface area contributed by atoms with Gasteiger partial charge in [0.15, 0.2) is 6.61 Å². The van der Waals surface area contributed by atoms with Crippen LogP contribution in [-0.2, 0) is 19.6 Å². The fourth-order valence-corrected chi connectivity index (χ4v) is 3.57. The van der Waals surface area contributed by atoms with Crippen LogP contribution in [0.5, 0.6) is 0 Å². The normalized spacial score (nSPS) is 11.3. The van der Waals surface area contributed by atoms with Gasteiger partial charge in [-0.25, -0.2) is 22.3 Å². The molecule has 150 valence electrons. The first-order chi connectivity index (χ1) is 13.1. The lowest BCUT2D eigenvalue weighted by atomic mass is 10.2. The van der Waals surface area contributed by atoms with Gasteiger partial charge in [-0.2, -0.15) is 0 Å². The number of nitrogens with one attached hydrogen (secondary N) is 2. The van der Waals surface area contributed by atoms with Crippen LogP contribution in [0.25, 0.3) is 0 Å². The van der Waals surface area contributed by atoms with Crippen molar-refractivity contribution in [1.29, 1.82) is 0 Å². The number of anilines is 1. The van der Waals surface area contributed by atoms with Crippen LogP contribution in [0.3, 0.4) is 0 Å². The van der Waals surface area contributed by atoms with Gasteiger partial charge in [-0.1, -0.05) is 11.6 Å². The Morgan fingerprint density at radius 1 is 1.14 bits per heavy atom. The number of amides is 1. The predicted molar refractivity (Wildman–Crippen MR) is 102 cm³/mol. The van der Waals surface area contributed by atoms with E-state index in [2.05, 4.69) is 10.0 Å². The zero-order valence-corrected chi connectivity index (χ0v) is 16.6.